The number of nitrogens with zero attached hydrogens (tertiary/aromatic N) is 3. The molecule has 2 heterocycles. The lowest BCUT2D eigenvalue weighted by atomic mass is 9.65. The van der Waals surface area contributed by atoms with E-state index in [0.29, 0.717) is 23.9 Å². The van der Waals surface area contributed by atoms with E-state index in [1.54, 1.807) is 11.3 Å². The normalized spacial score (nSPS) is 23.9. The minimum atomic E-state index is 0.216. The topological polar surface area (TPSA) is 36.4 Å². The summed E-state index contributed by atoms with van der Waals surface area (Å²) in [5, 5.41) is 0.885. The predicted octanol–water partition coefficient (Wildman–Crippen LogP) is 6.99. The van der Waals surface area contributed by atoms with E-state index in [1.807, 2.05) is 18.2 Å². The van der Waals surface area contributed by atoms with Gasteiger partial charge in [-0.3, -0.25) is 4.79 Å². The van der Waals surface area contributed by atoms with Crippen LogP contribution in [0.1, 0.15) is 65.4 Å². The summed E-state index contributed by atoms with van der Waals surface area (Å²) < 4.78 is 1.15. The Balaban J connectivity index is 1.46. The quantitative estimate of drug-likeness (QED) is 0.411. The van der Waals surface area contributed by atoms with Gasteiger partial charge in [0.05, 0.1) is 10.2 Å². The molecular weight excluding hydrogens is 426 g/mol. The lowest BCUT2D eigenvalue weighted by Crippen LogP contribution is -2.42. The minimum absolute atomic E-state index is 0.216. The Morgan fingerprint density at radius 1 is 1.12 bits per heavy atom. The molecule has 1 amide bonds. The van der Waals surface area contributed by atoms with E-state index in [9.17, 15) is 4.79 Å². The SMILES string of the molecule is CC(C)c1ccc(N(CC(=O)N2C[C@@]3(C)C[C@@H]2CC(C)(C)C3)c2nc3ccccc3s2)cc1. The molecular formula is C28H35N3OS. The average molecular weight is 462 g/mol. The average Bonchev–Trinajstić information content (AvgIpc) is 3.29. The van der Waals surface area contributed by atoms with Gasteiger partial charge in [0.25, 0.3) is 0 Å². The first-order valence-electron chi connectivity index (χ1n) is 12.2. The van der Waals surface area contributed by atoms with Crippen LogP contribution < -0.4 is 4.90 Å². The number of rotatable bonds is 5. The summed E-state index contributed by atoms with van der Waals surface area (Å²) >= 11 is 1.66. The summed E-state index contributed by atoms with van der Waals surface area (Å²) in [7, 11) is 0. The summed E-state index contributed by atoms with van der Waals surface area (Å²) in [4.78, 5) is 22.9. The van der Waals surface area contributed by atoms with Gasteiger partial charge < -0.3 is 9.80 Å². The molecule has 1 aliphatic carbocycles. The van der Waals surface area contributed by atoms with Crippen molar-refractivity contribution in [2.45, 2.75) is 65.8 Å². The van der Waals surface area contributed by atoms with Crippen molar-refractivity contribution < 1.29 is 4.79 Å². The monoisotopic (exact) mass is 461 g/mol. The Morgan fingerprint density at radius 2 is 1.85 bits per heavy atom. The van der Waals surface area contributed by atoms with Crippen molar-refractivity contribution in [1.82, 2.24) is 9.88 Å². The third-order valence-electron chi connectivity index (χ3n) is 7.41. The highest BCUT2D eigenvalue weighted by atomic mass is 32.1. The third-order valence-corrected chi connectivity index (χ3v) is 8.47. The van der Waals surface area contributed by atoms with Crippen molar-refractivity contribution in [3.8, 4) is 0 Å². The molecule has 174 valence electrons. The smallest absolute Gasteiger partial charge is 0.242 e. The number of anilines is 2. The summed E-state index contributed by atoms with van der Waals surface area (Å²) in [6.45, 7) is 12.7. The number of carbonyl (C=O) groups excluding carboxylic acids is 1. The number of fused-ring (bicyclic) bond motifs is 3. The largest absolute Gasteiger partial charge is 0.338 e. The Morgan fingerprint density at radius 3 is 2.55 bits per heavy atom. The van der Waals surface area contributed by atoms with Crippen molar-refractivity contribution >= 4 is 38.3 Å². The van der Waals surface area contributed by atoms with Gasteiger partial charge in [-0.15, -0.1) is 0 Å². The Bertz CT molecular complexity index is 1130. The molecule has 1 saturated heterocycles. The molecule has 3 aromatic rings. The van der Waals surface area contributed by atoms with Crippen molar-refractivity contribution in [3.05, 3.63) is 54.1 Å². The van der Waals surface area contributed by atoms with E-state index in [0.717, 1.165) is 40.4 Å². The van der Waals surface area contributed by atoms with E-state index < -0.39 is 0 Å². The van der Waals surface area contributed by atoms with Gasteiger partial charge in [0.1, 0.15) is 6.54 Å². The second-order valence-corrected chi connectivity index (χ2v) is 12.5. The van der Waals surface area contributed by atoms with E-state index in [4.69, 9.17) is 4.98 Å². The predicted molar refractivity (Wildman–Crippen MR) is 138 cm³/mol. The molecule has 0 unspecified atom stereocenters. The van der Waals surface area contributed by atoms with Crippen LogP contribution in [-0.4, -0.2) is 34.9 Å². The van der Waals surface area contributed by atoms with E-state index >= 15 is 0 Å². The summed E-state index contributed by atoms with van der Waals surface area (Å²) in [5.41, 5.74) is 3.85. The molecule has 0 spiro atoms. The van der Waals surface area contributed by atoms with Gasteiger partial charge in [-0.25, -0.2) is 4.98 Å². The van der Waals surface area contributed by atoms with Crippen LogP contribution in [0.3, 0.4) is 0 Å². The van der Waals surface area contributed by atoms with E-state index in [-0.39, 0.29) is 11.3 Å². The van der Waals surface area contributed by atoms with Crippen molar-refractivity contribution in [2.75, 3.05) is 18.0 Å². The number of para-hydroxylation sites is 1. The van der Waals surface area contributed by atoms with Crippen LogP contribution in [0.4, 0.5) is 10.8 Å². The van der Waals surface area contributed by atoms with Gasteiger partial charge in [0.15, 0.2) is 5.13 Å². The molecule has 0 radical (unpaired) electrons. The number of benzene rings is 2. The Hall–Kier alpha value is -2.40. The molecule has 2 aliphatic rings. The molecule has 0 N–H and O–H groups in total. The van der Waals surface area contributed by atoms with Gasteiger partial charge in [-0.05, 0) is 65.8 Å². The first-order chi connectivity index (χ1) is 15.6. The number of thiazole rings is 1. The molecule has 1 aromatic heterocycles. The van der Waals surface area contributed by atoms with Crippen LogP contribution in [0.2, 0.25) is 0 Å². The summed E-state index contributed by atoms with van der Waals surface area (Å²) in [6.07, 6.45) is 3.42. The molecule has 2 aromatic carbocycles. The third kappa shape index (κ3) is 4.40. The standard InChI is InChI=1S/C28H35N3OS/c1-19(2)20-10-12-21(13-11-20)30(26-29-23-8-6-7-9-24(23)33-26)16-25(32)31-18-28(5)15-22(31)14-27(3,4)17-28/h6-13,19,22H,14-18H2,1-5H3/t22-,28-/m0/s1. The molecule has 5 heteroatoms. The Kier molecular flexibility index (Phi) is 5.51. The number of hydrogen-bond donors (Lipinski definition) is 0. The van der Waals surface area contributed by atoms with Crippen LogP contribution in [0.25, 0.3) is 10.2 Å². The molecule has 33 heavy (non-hydrogen) atoms. The van der Waals surface area contributed by atoms with Crippen LogP contribution in [-0.2, 0) is 4.79 Å². The van der Waals surface area contributed by atoms with Crippen LogP contribution in [0.15, 0.2) is 48.5 Å². The highest BCUT2D eigenvalue weighted by molar-refractivity contribution is 7.22. The van der Waals surface area contributed by atoms with Crippen LogP contribution in [0, 0.1) is 10.8 Å². The maximum Gasteiger partial charge on any atom is 0.242 e. The number of amides is 1. The zero-order valence-corrected chi connectivity index (χ0v) is 21.3. The minimum Gasteiger partial charge on any atom is -0.338 e. The first-order valence-corrected chi connectivity index (χ1v) is 13.0. The molecule has 4 nitrogen and oxygen atoms in total. The highest BCUT2D eigenvalue weighted by Crippen LogP contribution is 2.52. The van der Waals surface area contributed by atoms with Gasteiger partial charge >= 0.3 is 0 Å². The second kappa shape index (κ2) is 8.12. The fourth-order valence-corrected chi connectivity index (χ4v) is 7.25. The van der Waals surface area contributed by atoms with Crippen molar-refractivity contribution in [1.29, 1.82) is 0 Å². The van der Waals surface area contributed by atoms with Gasteiger partial charge in [-0.1, -0.05) is 70.2 Å². The molecule has 2 fully saturated rings. The number of aromatic nitrogens is 1. The number of likely N-dealkylation sites (tertiary alicyclic amines) is 1. The Labute approximate surface area is 201 Å². The maximum atomic E-state index is 13.7. The fourth-order valence-electron chi connectivity index (χ4n) is 6.26. The number of hydrogen-bond acceptors (Lipinski definition) is 4. The first kappa shape index (κ1) is 22.4. The maximum absolute atomic E-state index is 13.7. The van der Waals surface area contributed by atoms with Gasteiger partial charge in [-0.2, -0.15) is 0 Å². The zero-order valence-electron chi connectivity index (χ0n) is 20.5. The molecule has 2 atom stereocenters. The summed E-state index contributed by atoms with van der Waals surface area (Å²) in [5.74, 6) is 0.693. The molecule has 1 saturated carbocycles. The fraction of sp³-hybridized carbons (Fsp3) is 0.500. The molecule has 2 bridgehead atoms. The van der Waals surface area contributed by atoms with Crippen LogP contribution in [0.5, 0.6) is 0 Å². The van der Waals surface area contributed by atoms with Crippen LogP contribution >= 0.6 is 11.3 Å². The molecule has 1 aliphatic heterocycles. The van der Waals surface area contributed by atoms with Gasteiger partial charge in [0, 0.05) is 18.3 Å². The number of carbonyl (C=O) groups is 1. The molecule has 5 rings (SSSR count). The van der Waals surface area contributed by atoms with Crippen molar-refractivity contribution in [2.24, 2.45) is 10.8 Å². The highest BCUT2D eigenvalue weighted by Gasteiger charge is 2.51. The van der Waals surface area contributed by atoms with Gasteiger partial charge in [0.2, 0.25) is 5.91 Å². The summed E-state index contributed by atoms with van der Waals surface area (Å²) in [6, 6.07) is 17.2. The van der Waals surface area contributed by atoms with E-state index in [1.165, 1.54) is 12.0 Å². The van der Waals surface area contributed by atoms with E-state index in [2.05, 4.69) is 74.8 Å². The van der Waals surface area contributed by atoms with Crippen molar-refractivity contribution in [3.63, 3.8) is 0 Å². The zero-order chi connectivity index (χ0) is 23.4. The lowest BCUT2D eigenvalue weighted by Gasteiger charge is -2.39. The second-order valence-electron chi connectivity index (χ2n) is 11.5. The lowest BCUT2D eigenvalue weighted by molar-refractivity contribution is -0.130.